The average molecular weight is 186 g/mol. The molecule has 4 heteroatoms. The molecule has 0 rings (SSSR count). The summed E-state index contributed by atoms with van der Waals surface area (Å²) >= 11 is 0. The van der Waals surface area contributed by atoms with Crippen molar-refractivity contribution in [1.29, 1.82) is 0 Å². The zero-order valence-corrected chi connectivity index (χ0v) is 8.76. The van der Waals surface area contributed by atoms with Crippen LogP contribution in [0.2, 0.25) is 0 Å². The lowest BCUT2D eigenvalue weighted by molar-refractivity contribution is -0.131. The highest BCUT2D eigenvalue weighted by Crippen LogP contribution is 1.94. The Kier molecular flexibility index (Phi) is 5.11. The van der Waals surface area contributed by atoms with Crippen LogP contribution in [0.3, 0.4) is 0 Å². The van der Waals surface area contributed by atoms with Gasteiger partial charge in [0.05, 0.1) is 0 Å². The van der Waals surface area contributed by atoms with Gasteiger partial charge in [-0.1, -0.05) is 0 Å². The van der Waals surface area contributed by atoms with Crippen molar-refractivity contribution in [1.82, 2.24) is 10.2 Å². The Bertz CT molecular complexity index is 188. The summed E-state index contributed by atoms with van der Waals surface area (Å²) in [5, 5.41) is 2.73. The number of amides is 2. The van der Waals surface area contributed by atoms with Crippen LogP contribution < -0.4 is 5.32 Å². The minimum absolute atomic E-state index is 0.0149. The largest absolute Gasteiger partial charge is 0.354 e. The number of rotatable bonds is 4. The molecule has 0 spiro atoms. The van der Waals surface area contributed by atoms with Crippen molar-refractivity contribution in [2.24, 2.45) is 0 Å². The smallest absolute Gasteiger partial charge is 0.222 e. The summed E-state index contributed by atoms with van der Waals surface area (Å²) < 4.78 is 0. The van der Waals surface area contributed by atoms with Gasteiger partial charge in [0.25, 0.3) is 0 Å². The van der Waals surface area contributed by atoms with Crippen LogP contribution in [0.1, 0.15) is 26.7 Å². The number of nitrogens with one attached hydrogen (secondary N) is 1. The lowest BCUT2D eigenvalue weighted by Crippen LogP contribution is -2.31. The average Bonchev–Trinajstić information content (AvgIpc) is 1.98. The zero-order chi connectivity index (χ0) is 10.4. The summed E-state index contributed by atoms with van der Waals surface area (Å²) in [7, 11) is 3.37. The maximum absolute atomic E-state index is 11.1. The summed E-state index contributed by atoms with van der Waals surface area (Å²) in [4.78, 5) is 23.7. The van der Waals surface area contributed by atoms with Gasteiger partial charge in [0, 0.05) is 33.0 Å². The van der Waals surface area contributed by atoms with Gasteiger partial charge in [-0.25, -0.2) is 0 Å². The van der Waals surface area contributed by atoms with E-state index >= 15 is 0 Å². The maximum Gasteiger partial charge on any atom is 0.222 e. The third-order valence-corrected chi connectivity index (χ3v) is 1.51. The fraction of sp³-hybridized carbons (Fsp3) is 0.778. The highest BCUT2D eigenvalue weighted by Gasteiger charge is 2.08. The van der Waals surface area contributed by atoms with Crippen LogP contribution in [0.5, 0.6) is 0 Å². The van der Waals surface area contributed by atoms with Gasteiger partial charge in [-0.15, -0.1) is 0 Å². The van der Waals surface area contributed by atoms with Gasteiger partial charge < -0.3 is 10.2 Å². The summed E-state index contributed by atoms with van der Waals surface area (Å²) in [6.07, 6.45) is 0.556. The maximum atomic E-state index is 11.1. The molecule has 0 aromatic rings. The Labute approximate surface area is 79.3 Å². The topological polar surface area (TPSA) is 49.4 Å². The van der Waals surface area contributed by atoms with Gasteiger partial charge >= 0.3 is 0 Å². The number of hydrogen-bond acceptors (Lipinski definition) is 2. The highest BCUT2D eigenvalue weighted by molar-refractivity contribution is 5.83. The van der Waals surface area contributed by atoms with Gasteiger partial charge in [0.1, 0.15) is 0 Å². The Morgan fingerprint density at radius 1 is 1.23 bits per heavy atom. The number of carbonyl (C=O) groups excluding carboxylic acids is 2. The first-order valence-electron chi connectivity index (χ1n) is 4.43. The van der Waals surface area contributed by atoms with E-state index in [0.717, 1.165) is 0 Å². The van der Waals surface area contributed by atoms with E-state index in [1.54, 1.807) is 14.1 Å². The van der Waals surface area contributed by atoms with Gasteiger partial charge in [0.2, 0.25) is 11.8 Å². The molecule has 0 fully saturated rings. The first-order valence-corrected chi connectivity index (χ1v) is 4.43. The molecule has 0 atom stereocenters. The number of nitrogens with zero attached hydrogens (tertiary/aromatic N) is 1. The van der Waals surface area contributed by atoms with Crippen LogP contribution in [-0.2, 0) is 9.59 Å². The molecule has 0 saturated heterocycles. The quantitative estimate of drug-likeness (QED) is 0.690. The lowest BCUT2D eigenvalue weighted by Gasteiger charge is -2.11. The minimum atomic E-state index is -0.0646. The summed E-state index contributed by atoms with van der Waals surface area (Å²) in [5.74, 6) is -0.0795. The van der Waals surface area contributed by atoms with Crippen LogP contribution in [0.25, 0.3) is 0 Å². The molecule has 0 aromatic heterocycles. The molecule has 0 heterocycles. The summed E-state index contributed by atoms with van der Waals surface area (Å²) in [6, 6.07) is 0.141. The van der Waals surface area contributed by atoms with Crippen molar-refractivity contribution in [2.45, 2.75) is 32.7 Å². The molecule has 0 aliphatic rings. The Hall–Kier alpha value is -1.06. The molecule has 0 bridgehead atoms. The second-order valence-corrected chi connectivity index (χ2v) is 3.51. The zero-order valence-electron chi connectivity index (χ0n) is 8.76. The van der Waals surface area contributed by atoms with Crippen LogP contribution in [-0.4, -0.2) is 36.9 Å². The van der Waals surface area contributed by atoms with E-state index in [2.05, 4.69) is 5.32 Å². The van der Waals surface area contributed by atoms with E-state index < -0.39 is 0 Å². The lowest BCUT2D eigenvalue weighted by atomic mass is 10.2. The van der Waals surface area contributed by atoms with Crippen molar-refractivity contribution in [3.8, 4) is 0 Å². The highest BCUT2D eigenvalue weighted by atomic mass is 16.2. The molecular weight excluding hydrogens is 168 g/mol. The Balaban J connectivity index is 3.64. The predicted molar refractivity (Wildman–Crippen MR) is 51.2 cm³/mol. The molecule has 4 nitrogen and oxygen atoms in total. The second kappa shape index (κ2) is 5.56. The Morgan fingerprint density at radius 3 is 2.15 bits per heavy atom. The SMILES string of the molecule is CC(C)NC(=O)CCC(=O)N(C)C. The van der Waals surface area contributed by atoms with Crippen molar-refractivity contribution >= 4 is 11.8 Å². The molecule has 76 valence electrons. The third-order valence-electron chi connectivity index (χ3n) is 1.51. The first-order chi connectivity index (χ1) is 5.93. The van der Waals surface area contributed by atoms with Crippen LogP contribution in [0, 0.1) is 0 Å². The van der Waals surface area contributed by atoms with Crippen molar-refractivity contribution < 1.29 is 9.59 Å². The van der Waals surface area contributed by atoms with Gasteiger partial charge in [0.15, 0.2) is 0 Å². The Morgan fingerprint density at radius 2 is 1.77 bits per heavy atom. The van der Waals surface area contributed by atoms with Crippen LogP contribution >= 0.6 is 0 Å². The summed E-state index contributed by atoms with van der Waals surface area (Å²) in [6.45, 7) is 3.79. The molecular formula is C9H18N2O2. The van der Waals surface area contributed by atoms with E-state index in [1.807, 2.05) is 13.8 Å². The molecule has 0 aromatic carbocycles. The third kappa shape index (κ3) is 6.13. The first kappa shape index (κ1) is 11.9. The molecule has 0 radical (unpaired) electrons. The number of carbonyl (C=O) groups is 2. The molecule has 0 unspecified atom stereocenters. The number of hydrogen-bond donors (Lipinski definition) is 1. The molecule has 0 aliphatic heterocycles. The van der Waals surface area contributed by atoms with Crippen molar-refractivity contribution in [3.05, 3.63) is 0 Å². The molecule has 1 N–H and O–H groups in total. The van der Waals surface area contributed by atoms with Crippen molar-refractivity contribution in [3.63, 3.8) is 0 Å². The fourth-order valence-electron chi connectivity index (χ4n) is 0.838. The minimum Gasteiger partial charge on any atom is -0.354 e. The van der Waals surface area contributed by atoms with Crippen LogP contribution in [0.4, 0.5) is 0 Å². The van der Waals surface area contributed by atoms with E-state index in [0.29, 0.717) is 0 Å². The van der Waals surface area contributed by atoms with E-state index in [1.165, 1.54) is 4.90 Å². The van der Waals surface area contributed by atoms with E-state index in [4.69, 9.17) is 0 Å². The van der Waals surface area contributed by atoms with Gasteiger partial charge in [-0.2, -0.15) is 0 Å². The van der Waals surface area contributed by atoms with Gasteiger partial charge in [-0.05, 0) is 13.8 Å². The molecule has 0 saturated carbocycles. The van der Waals surface area contributed by atoms with E-state index in [-0.39, 0.29) is 30.7 Å². The molecule has 0 aliphatic carbocycles. The van der Waals surface area contributed by atoms with Crippen LogP contribution in [0.15, 0.2) is 0 Å². The summed E-state index contributed by atoms with van der Waals surface area (Å²) in [5.41, 5.74) is 0. The van der Waals surface area contributed by atoms with Crippen molar-refractivity contribution in [2.75, 3.05) is 14.1 Å². The molecule has 13 heavy (non-hydrogen) atoms. The van der Waals surface area contributed by atoms with E-state index in [9.17, 15) is 9.59 Å². The predicted octanol–water partition coefficient (Wildman–Crippen LogP) is 0.379. The molecule has 2 amide bonds. The second-order valence-electron chi connectivity index (χ2n) is 3.51. The standard InChI is InChI=1S/C9H18N2O2/c1-7(2)10-8(12)5-6-9(13)11(3)4/h7H,5-6H2,1-4H3,(H,10,12). The fourth-order valence-corrected chi connectivity index (χ4v) is 0.838. The van der Waals surface area contributed by atoms with Gasteiger partial charge in [-0.3, -0.25) is 9.59 Å². The monoisotopic (exact) mass is 186 g/mol. The normalized spacial score (nSPS) is 9.92.